The molecular weight excluding hydrogens is 342 g/mol. The summed E-state index contributed by atoms with van der Waals surface area (Å²) in [7, 11) is 0. The van der Waals surface area contributed by atoms with Crippen molar-refractivity contribution in [1.29, 1.82) is 0 Å². The quantitative estimate of drug-likeness (QED) is 0.691. The first-order valence-corrected chi connectivity index (χ1v) is 10.7. The molecule has 1 aliphatic carbocycles. The van der Waals surface area contributed by atoms with Gasteiger partial charge in [-0.15, -0.1) is 0 Å². The normalized spacial score (nSPS) is 23.1. The maximum Gasteiger partial charge on any atom is 0.410 e. The highest BCUT2D eigenvalue weighted by Crippen LogP contribution is 2.34. The van der Waals surface area contributed by atoms with Crippen LogP contribution >= 0.6 is 0 Å². The van der Waals surface area contributed by atoms with E-state index in [0.29, 0.717) is 31.8 Å². The van der Waals surface area contributed by atoms with E-state index >= 15 is 0 Å². The van der Waals surface area contributed by atoms with Gasteiger partial charge in [0.05, 0.1) is 0 Å². The SMILES string of the molecule is CC.CC(C)(C)OC(=O)N1CCC2(CC1)N=C(C1CCCCCC1)NC2=O. The Balaban J connectivity index is 0.00000126. The minimum absolute atomic E-state index is 0.0237. The van der Waals surface area contributed by atoms with Crippen molar-refractivity contribution in [2.75, 3.05) is 13.1 Å². The summed E-state index contributed by atoms with van der Waals surface area (Å²) in [6.07, 6.45) is 8.12. The lowest BCUT2D eigenvalue weighted by atomic mass is 9.88. The average Bonchev–Trinajstić information content (AvgIpc) is 2.81. The first-order valence-electron chi connectivity index (χ1n) is 10.7. The number of likely N-dealkylation sites (tertiary alicyclic amines) is 1. The van der Waals surface area contributed by atoms with Crippen LogP contribution in [-0.4, -0.2) is 47.0 Å². The fraction of sp³-hybridized carbons (Fsp3) is 0.857. The number of hydrogen-bond donors (Lipinski definition) is 1. The summed E-state index contributed by atoms with van der Waals surface area (Å²) in [5.74, 6) is 1.32. The molecule has 27 heavy (non-hydrogen) atoms. The maximum atomic E-state index is 12.6. The molecule has 0 bridgehead atoms. The Morgan fingerprint density at radius 3 is 2.19 bits per heavy atom. The van der Waals surface area contributed by atoms with Crippen LogP contribution < -0.4 is 5.32 Å². The Hall–Kier alpha value is -1.59. The van der Waals surface area contributed by atoms with Crippen LogP contribution in [0.2, 0.25) is 0 Å². The molecule has 2 aliphatic heterocycles. The smallest absolute Gasteiger partial charge is 0.410 e. The lowest BCUT2D eigenvalue weighted by molar-refractivity contribution is -0.125. The largest absolute Gasteiger partial charge is 0.444 e. The molecule has 1 N–H and O–H groups in total. The molecule has 3 rings (SSSR count). The molecule has 6 heteroatoms. The van der Waals surface area contributed by atoms with E-state index in [0.717, 1.165) is 18.7 Å². The summed E-state index contributed by atoms with van der Waals surface area (Å²) >= 11 is 0. The van der Waals surface area contributed by atoms with Gasteiger partial charge in [0, 0.05) is 19.0 Å². The molecule has 0 aromatic rings. The van der Waals surface area contributed by atoms with Gasteiger partial charge in [-0.3, -0.25) is 9.79 Å². The molecule has 2 heterocycles. The summed E-state index contributed by atoms with van der Waals surface area (Å²) in [4.78, 5) is 31.4. The highest BCUT2D eigenvalue weighted by atomic mass is 16.6. The molecule has 0 atom stereocenters. The molecule has 1 spiro atoms. The van der Waals surface area contributed by atoms with Crippen molar-refractivity contribution >= 4 is 17.8 Å². The zero-order valence-electron chi connectivity index (χ0n) is 17.8. The van der Waals surface area contributed by atoms with Crippen molar-refractivity contribution < 1.29 is 14.3 Å². The number of amides is 2. The Labute approximate surface area is 164 Å². The van der Waals surface area contributed by atoms with Crippen LogP contribution in [0, 0.1) is 5.92 Å². The highest BCUT2D eigenvalue weighted by molar-refractivity contribution is 6.09. The third-order valence-electron chi connectivity index (χ3n) is 5.48. The predicted octanol–water partition coefficient (Wildman–Crippen LogP) is 4.28. The summed E-state index contributed by atoms with van der Waals surface area (Å²) in [5, 5.41) is 3.07. The summed E-state index contributed by atoms with van der Waals surface area (Å²) < 4.78 is 5.44. The molecule has 1 saturated carbocycles. The monoisotopic (exact) mass is 379 g/mol. The molecular formula is C21H37N3O3. The molecule has 2 amide bonds. The predicted molar refractivity (Wildman–Crippen MR) is 108 cm³/mol. The maximum absolute atomic E-state index is 12.6. The number of carbonyl (C=O) groups excluding carboxylic acids is 2. The third-order valence-corrected chi connectivity index (χ3v) is 5.48. The average molecular weight is 380 g/mol. The van der Waals surface area contributed by atoms with Crippen molar-refractivity contribution in [3.8, 4) is 0 Å². The lowest BCUT2D eigenvalue weighted by Crippen LogP contribution is -2.51. The number of piperidine rings is 1. The molecule has 6 nitrogen and oxygen atoms in total. The topological polar surface area (TPSA) is 71.0 Å². The van der Waals surface area contributed by atoms with Crippen LogP contribution in [-0.2, 0) is 9.53 Å². The molecule has 1 saturated heterocycles. The van der Waals surface area contributed by atoms with E-state index in [-0.39, 0.29) is 12.0 Å². The van der Waals surface area contributed by atoms with E-state index in [9.17, 15) is 9.59 Å². The second-order valence-corrected chi connectivity index (χ2v) is 8.64. The van der Waals surface area contributed by atoms with Crippen molar-refractivity contribution in [2.45, 2.75) is 97.1 Å². The van der Waals surface area contributed by atoms with Crippen molar-refractivity contribution in [1.82, 2.24) is 10.2 Å². The van der Waals surface area contributed by atoms with Gasteiger partial charge in [-0.25, -0.2) is 4.79 Å². The lowest BCUT2D eigenvalue weighted by Gasteiger charge is -2.36. The van der Waals surface area contributed by atoms with E-state index in [1.165, 1.54) is 25.7 Å². The third kappa shape index (κ3) is 5.45. The van der Waals surface area contributed by atoms with E-state index in [2.05, 4.69) is 5.32 Å². The van der Waals surface area contributed by atoms with Crippen LogP contribution in [0.1, 0.15) is 86.0 Å². The van der Waals surface area contributed by atoms with Gasteiger partial charge in [0.25, 0.3) is 5.91 Å². The van der Waals surface area contributed by atoms with Gasteiger partial charge in [-0.05, 0) is 46.5 Å². The van der Waals surface area contributed by atoms with Crippen LogP contribution in [0.3, 0.4) is 0 Å². The van der Waals surface area contributed by atoms with Gasteiger partial charge in [-0.1, -0.05) is 39.5 Å². The van der Waals surface area contributed by atoms with Crippen molar-refractivity contribution in [3.63, 3.8) is 0 Å². The molecule has 0 aromatic heterocycles. The van der Waals surface area contributed by atoms with E-state index < -0.39 is 11.1 Å². The number of hydrogen-bond acceptors (Lipinski definition) is 4. The number of aliphatic imine (C=N–C) groups is 1. The van der Waals surface area contributed by atoms with Gasteiger partial charge >= 0.3 is 6.09 Å². The Bertz CT molecular complexity index is 550. The zero-order valence-corrected chi connectivity index (χ0v) is 17.8. The van der Waals surface area contributed by atoms with Crippen molar-refractivity contribution in [3.05, 3.63) is 0 Å². The number of rotatable bonds is 1. The second-order valence-electron chi connectivity index (χ2n) is 8.64. The number of carbonyl (C=O) groups is 2. The number of ether oxygens (including phenoxy) is 1. The summed E-state index contributed by atoms with van der Waals surface area (Å²) in [5.41, 5.74) is -1.16. The Kier molecular flexibility index (Phi) is 7.29. The first-order chi connectivity index (χ1) is 12.8. The van der Waals surface area contributed by atoms with Crippen LogP contribution in [0.4, 0.5) is 4.79 Å². The Morgan fingerprint density at radius 2 is 1.67 bits per heavy atom. The van der Waals surface area contributed by atoms with Gasteiger partial charge in [-0.2, -0.15) is 0 Å². The van der Waals surface area contributed by atoms with Crippen LogP contribution in [0.25, 0.3) is 0 Å². The molecule has 0 unspecified atom stereocenters. The molecule has 154 valence electrons. The van der Waals surface area contributed by atoms with E-state index in [4.69, 9.17) is 9.73 Å². The fourth-order valence-corrected chi connectivity index (χ4v) is 4.01. The number of nitrogens with zero attached hydrogens (tertiary/aromatic N) is 2. The minimum Gasteiger partial charge on any atom is -0.444 e. The number of nitrogens with one attached hydrogen (secondary N) is 1. The van der Waals surface area contributed by atoms with Crippen LogP contribution in [0.5, 0.6) is 0 Å². The molecule has 3 aliphatic rings. The van der Waals surface area contributed by atoms with Gasteiger partial charge in [0.2, 0.25) is 0 Å². The van der Waals surface area contributed by atoms with E-state index in [1.807, 2.05) is 34.6 Å². The molecule has 0 radical (unpaired) electrons. The Morgan fingerprint density at radius 1 is 1.11 bits per heavy atom. The van der Waals surface area contributed by atoms with Gasteiger partial charge in [0.1, 0.15) is 17.0 Å². The summed E-state index contributed by atoms with van der Waals surface area (Å²) in [6.45, 7) is 10.6. The second kappa shape index (κ2) is 9.07. The minimum atomic E-state index is -0.667. The fourth-order valence-electron chi connectivity index (χ4n) is 4.01. The first kappa shape index (κ1) is 21.7. The van der Waals surface area contributed by atoms with Crippen molar-refractivity contribution in [2.24, 2.45) is 10.9 Å². The molecule has 2 fully saturated rings. The van der Waals surface area contributed by atoms with Gasteiger partial charge < -0.3 is 15.0 Å². The number of amidine groups is 1. The van der Waals surface area contributed by atoms with E-state index in [1.54, 1.807) is 4.90 Å². The van der Waals surface area contributed by atoms with Crippen LogP contribution in [0.15, 0.2) is 4.99 Å². The summed E-state index contributed by atoms with van der Waals surface area (Å²) in [6, 6.07) is 0. The van der Waals surface area contributed by atoms with Gasteiger partial charge in [0.15, 0.2) is 0 Å². The zero-order chi connectivity index (χ0) is 20.1. The molecule has 0 aromatic carbocycles. The highest BCUT2D eigenvalue weighted by Gasteiger charge is 2.47. The standard InChI is InChI=1S/C19H31N3O3.C2H6/c1-18(2,3)25-17(24)22-12-10-19(11-13-22)16(23)20-15(21-19)14-8-6-4-5-7-9-14;1-2/h14H,4-13H2,1-3H3,(H,20,21,23);1-2H3.